The van der Waals surface area contributed by atoms with Gasteiger partial charge in [-0.05, 0) is 19.9 Å². The highest BCUT2D eigenvalue weighted by molar-refractivity contribution is 7.80. The Morgan fingerprint density at radius 2 is 1.76 bits per heavy atom. The predicted octanol–water partition coefficient (Wildman–Crippen LogP) is 1.27. The van der Waals surface area contributed by atoms with Gasteiger partial charge in [0.15, 0.2) is 0 Å². The Balaban J connectivity index is 0. The van der Waals surface area contributed by atoms with Gasteiger partial charge in [0.25, 0.3) is 0 Å². The fourth-order valence-electron chi connectivity index (χ4n) is 1.17. The number of hydrogen-bond donors (Lipinski definition) is 2. The van der Waals surface area contributed by atoms with Crippen LogP contribution in [0.4, 0.5) is 0 Å². The molecular formula is C10H25NO5S. The molecule has 0 aliphatic heterocycles. The first-order valence-corrected chi connectivity index (χ1v) is 7.10. The van der Waals surface area contributed by atoms with Crippen molar-refractivity contribution < 1.29 is 22.3 Å². The zero-order chi connectivity index (χ0) is 13.9. The average Bonchev–Trinajstić information content (AvgIpc) is 2.24. The second-order valence-corrected chi connectivity index (χ2v) is 4.75. The first kappa shape index (κ1) is 19.1. The third kappa shape index (κ3) is 15.8. The van der Waals surface area contributed by atoms with E-state index in [1.807, 2.05) is 6.92 Å². The molecule has 0 saturated carbocycles. The molecule has 2 N–H and O–H groups in total. The summed E-state index contributed by atoms with van der Waals surface area (Å²) >= 11 is 0. The Morgan fingerprint density at radius 3 is 2.00 bits per heavy atom. The maximum Gasteiger partial charge on any atom is 0.397 e. The van der Waals surface area contributed by atoms with E-state index in [2.05, 4.69) is 22.9 Å². The molecule has 0 bridgehead atoms. The molecule has 0 spiro atoms. The van der Waals surface area contributed by atoms with Gasteiger partial charge in [-0.1, -0.05) is 26.7 Å². The molecule has 6 nitrogen and oxygen atoms in total. The first-order chi connectivity index (χ1) is 7.78. The van der Waals surface area contributed by atoms with Crippen LogP contribution in [0.5, 0.6) is 0 Å². The van der Waals surface area contributed by atoms with Crippen molar-refractivity contribution in [3.8, 4) is 0 Å². The van der Waals surface area contributed by atoms with Crippen LogP contribution in [0.3, 0.4) is 0 Å². The molecule has 0 radical (unpaired) electrons. The van der Waals surface area contributed by atoms with Crippen molar-refractivity contribution in [1.29, 1.82) is 0 Å². The maximum absolute atomic E-state index is 9.33. The molecule has 7 heteroatoms. The van der Waals surface area contributed by atoms with Gasteiger partial charge in [-0.15, -0.1) is 0 Å². The smallest absolute Gasteiger partial charge is 0.379 e. The monoisotopic (exact) mass is 271 g/mol. The van der Waals surface area contributed by atoms with Gasteiger partial charge in [0.05, 0.1) is 7.11 Å². The van der Waals surface area contributed by atoms with Crippen molar-refractivity contribution in [2.45, 2.75) is 46.3 Å². The molecule has 0 aromatic rings. The highest BCUT2D eigenvalue weighted by atomic mass is 32.3. The van der Waals surface area contributed by atoms with Crippen LogP contribution in [0.25, 0.3) is 0 Å². The molecule has 0 aromatic carbocycles. The molecule has 0 aliphatic carbocycles. The number of hydrogen-bond acceptors (Lipinski definition) is 5. The number of aliphatic hydroxyl groups excluding tert-OH is 1. The van der Waals surface area contributed by atoms with Crippen LogP contribution >= 0.6 is 0 Å². The predicted molar refractivity (Wildman–Crippen MR) is 67.0 cm³/mol. The van der Waals surface area contributed by atoms with Crippen LogP contribution < -0.4 is 0 Å². The minimum absolute atomic E-state index is 0.281. The lowest BCUT2D eigenvalue weighted by molar-refractivity contribution is 0.0215. The number of nitrogens with zero attached hydrogens (tertiary/aromatic N) is 1. The van der Waals surface area contributed by atoms with Gasteiger partial charge in [0.2, 0.25) is 0 Å². The number of unbranched alkanes of at least 4 members (excludes halogenated alkanes) is 2. The van der Waals surface area contributed by atoms with Crippen molar-refractivity contribution in [3.63, 3.8) is 0 Å². The second-order valence-electron chi connectivity index (χ2n) is 3.56. The molecule has 0 fully saturated rings. The van der Waals surface area contributed by atoms with Crippen molar-refractivity contribution in [1.82, 2.24) is 4.90 Å². The summed E-state index contributed by atoms with van der Waals surface area (Å²) in [5.41, 5.74) is 0. The molecule has 0 aromatic heterocycles. The topological polar surface area (TPSA) is 87.1 Å². The van der Waals surface area contributed by atoms with Gasteiger partial charge < -0.3 is 5.11 Å². The molecule has 1 unspecified atom stereocenters. The zero-order valence-corrected chi connectivity index (χ0v) is 11.9. The summed E-state index contributed by atoms with van der Waals surface area (Å²) in [6.07, 6.45) is 3.44. The summed E-state index contributed by atoms with van der Waals surface area (Å²) in [6.45, 7) is 8.08. The van der Waals surface area contributed by atoms with Gasteiger partial charge >= 0.3 is 10.4 Å². The number of rotatable bonds is 7. The summed E-state index contributed by atoms with van der Waals surface area (Å²) in [4.78, 5) is 2.08. The fraction of sp³-hybridized carbons (Fsp3) is 1.00. The van der Waals surface area contributed by atoms with Crippen LogP contribution in [0.1, 0.15) is 40.0 Å². The van der Waals surface area contributed by atoms with E-state index in [0.717, 1.165) is 20.2 Å². The largest absolute Gasteiger partial charge is 0.397 e. The highest BCUT2D eigenvalue weighted by Gasteiger charge is 2.06. The standard InChI is InChI=1S/C9H21NO.CH4O4S/c1-4-6-7-8-10(5-2)9(3)11;1-5-6(2,3)4/h9,11H,4-8H2,1-3H3;1H3,(H,2,3,4). The van der Waals surface area contributed by atoms with E-state index >= 15 is 0 Å². The maximum atomic E-state index is 9.33. The van der Waals surface area contributed by atoms with E-state index in [-0.39, 0.29) is 6.23 Å². The summed E-state index contributed by atoms with van der Waals surface area (Å²) in [7, 11) is -3.29. The molecule has 106 valence electrons. The highest BCUT2D eigenvalue weighted by Crippen LogP contribution is 2.00. The molecular weight excluding hydrogens is 246 g/mol. The first-order valence-electron chi connectivity index (χ1n) is 5.73. The van der Waals surface area contributed by atoms with Gasteiger partial charge in [-0.3, -0.25) is 13.6 Å². The Kier molecular flexibility index (Phi) is 12.3. The van der Waals surface area contributed by atoms with Crippen LogP contribution in [0.2, 0.25) is 0 Å². The minimum Gasteiger partial charge on any atom is -0.379 e. The molecule has 17 heavy (non-hydrogen) atoms. The van der Waals surface area contributed by atoms with Crippen LogP contribution in [0, 0.1) is 0 Å². The van der Waals surface area contributed by atoms with Crippen molar-refractivity contribution in [3.05, 3.63) is 0 Å². The number of aliphatic hydroxyl groups is 1. The molecule has 1 atom stereocenters. The summed E-state index contributed by atoms with van der Waals surface area (Å²) in [5.74, 6) is 0. The van der Waals surface area contributed by atoms with Crippen LogP contribution in [-0.2, 0) is 14.6 Å². The lowest BCUT2D eigenvalue weighted by Gasteiger charge is -2.23. The van der Waals surface area contributed by atoms with E-state index in [9.17, 15) is 13.5 Å². The Morgan fingerprint density at radius 1 is 1.29 bits per heavy atom. The van der Waals surface area contributed by atoms with Crippen molar-refractivity contribution >= 4 is 10.4 Å². The van der Waals surface area contributed by atoms with Crippen molar-refractivity contribution in [2.24, 2.45) is 0 Å². The zero-order valence-electron chi connectivity index (χ0n) is 11.1. The van der Waals surface area contributed by atoms with E-state index in [1.165, 1.54) is 19.3 Å². The molecule has 0 aliphatic rings. The lowest BCUT2D eigenvalue weighted by Crippen LogP contribution is -2.33. The third-order valence-electron chi connectivity index (χ3n) is 2.19. The van der Waals surface area contributed by atoms with Gasteiger partial charge in [0, 0.05) is 6.54 Å². The quantitative estimate of drug-likeness (QED) is 0.412. The summed E-state index contributed by atoms with van der Waals surface area (Å²) in [6, 6.07) is 0. The molecule has 0 rings (SSSR count). The van der Waals surface area contributed by atoms with E-state index < -0.39 is 10.4 Å². The van der Waals surface area contributed by atoms with Crippen molar-refractivity contribution in [2.75, 3.05) is 20.2 Å². The Bertz CT molecular complexity index is 253. The van der Waals surface area contributed by atoms with Gasteiger partial charge in [0.1, 0.15) is 6.23 Å². The summed E-state index contributed by atoms with van der Waals surface area (Å²) < 4.78 is 29.7. The minimum atomic E-state index is -4.16. The Hall–Kier alpha value is -0.210. The van der Waals surface area contributed by atoms with E-state index in [4.69, 9.17) is 4.55 Å². The van der Waals surface area contributed by atoms with E-state index in [0.29, 0.717) is 0 Å². The van der Waals surface area contributed by atoms with Gasteiger partial charge in [-0.2, -0.15) is 8.42 Å². The molecule has 0 amide bonds. The van der Waals surface area contributed by atoms with Gasteiger partial charge in [-0.25, -0.2) is 0 Å². The van der Waals surface area contributed by atoms with Crippen LogP contribution in [0.15, 0.2) is 0 Å². The SMILES string of the molecule is CCCCCN(CC)C(C)O.COS(=O)(=O)O. The fourth-order valence-corrected chi connectivity index (χ4v) is 1.17. The molecule has 0 saturated heterocycles. The second kappa shape index (κ2) is 10.9. The van der Waals surface area contributed by atoms with E-state index in [1.54, 1.807) is 0 Å². The Labute approximate surface area is 105 Å². The molecule has 0 heterocycles. The lowest BCUT2D eigenvalue weighted by atomic mass is 10.2. The summed E-state index contributed by atoms with van der Waals surface area (Å²) in [5, 5.41) is 9.24. The average molecular weight is 271 g/mol. The van der Waals surface area contributed by atoms with Crippen LogP contribution in [-0.4, -0.2) is 49.4 Å². The third-order valence-corrected chi connectivity index (χ3v) is 2.62. The normalized spacial score (nSPS) is 13.1.